The van der Waals surface area contributed by atoms with E-state index >= 15 is 0 Å². The molecule has 2 saturated heterocycles. The molecule has 15 heavy (non-hydrogen) atoms. The Morgan fingerprint density at radius 3 is 2.67 bits per heavy atom. The molecule has 2 rings (SSSR count). The maximum absolute atomic E-state index is 10.9. The van der Waals surface area contributed by atoms with Crippen molar-refractivity contribution in [1.82, 2.24) is 5.32 Å². The fourth-order valence-electron chi connectivity index (χ4n) is 2.83. The molecule has 0 spiro atoms. The lowest BCUT2D eigenvalue weighted by Crippen LogP contribution is -2.46. The van der Waals surface area contributed by atoms with Crippen LogP contribution in [-0.2, 0) is 9.53 Å². The summed E-state index contributed by atoms with van der Waals surface area (Å²) < 4.78 is 5.33. The van der Waals surface area contributed by atoms with Crippen molar-refractivity contribution in [3.8, 4) is 0 Å². The van der Waals surface area contributed by atoms with Gasteiger partial charge in [-0.3, -0.25) is 4.79 Å². The topological polar surface area (TPSA) is 58.6 Å². The summed E-state index contributed by atoms with van der Waals surface area (Å²) in [6.07, 6.45) is 2.86. The molecule has 0 aromatic carbocycles. The Hall–Kier alpha value is -0.610. The van der Waals surface area contributed by atoms with Crippen LogP contribution >= 0.6 is 0 Å². The third kappa shape index (κ3) is 2.16. The normalized spacial score (nSPS) is 38.1. The Bertz CT molecular complexity index is 250. The van der Waals surface area contributed by atoms with Gasteiger partial charge in [0.25, 0.3) is 0 Å². The Morgan fingerprint density at radius 1 is 1.47 bits per heavy atom. The first-order valence-corrected chi connectivity index (χ1v) is 5.67. The van der Waals surface area contributed by atoms with E-state index in [1.54, 1.807) is 0 Å². The quantitative estimate of drug-likeness (QED) is 0.714. The summed E-state index contributed by atoms with van der Waals surface area (Å²) in [4.78, 5) is 10.9. The van der Waals surface area contributed by atoms with Crippen LogP contribution in [0.2, 0.25) is 0 Å². The zero-order chi connectivity index (χ0) is 10.9. The summed E-state index contributed by atoms with van der Waals surface area (Å²) in [7, 11) is 0. The zero-order valence-electron chi connectivity index (χ0n) is 9.16. The molecular formula is C11H19NO3. The van der Waals surface area contributed by atoms with Crippen LogP contribution in [0, 0.1) is 11.8 Å². The van der Waals surface area contributed by atoms with Crippen LogP contribution in [0.5, 0.6) is 0 Å². The van der Waals surface area contributed by atoms with Crippen molar-refractivity contribution < 1.29 is 14.6 Å². The fraction of sp³-hybridized carbons (Fsp3) is 0.909. The molecule has 2 unspecified atom stereocenters. The van der Waals surface area contributed by atoms with Gasteiger partial charge in [0.05, 0.1) is 5.92 Å². The van der Waals surface area contributed by atoms with E-state index in [1.165, 1.54) is 0 Å². The maximum Gasteiger partial charge on any atom is 0.307 e. The van der Waals surface area contributed by atoms with Crippen LogP contribution in [0.4, 0.5) is 0 Å². The second kappa shape index (κ2) is 4.10. The summed E-state index contributed by atoms with van der Waals surface area (Å²) in [5.41, 5.74) is 0.00678. The van der Waals surface area contributed by atoms with Crippen molar-refractivity contribution in [3.63, 3.8) is 0 Å². The predicted octanol–water partition coefficient (Wildman–Crippen LogP) is 0.866. The summed E-state index contributed by atoms with van der Waals surface area (Å²) >= 11 is 0. The van der Waals surface area contributed by atoms with Crippen LogP contribution in [0.3, 0.4) is 0 Å². The van der Waals surface area contributed by atoms with Crippen LogP contribution < -0.4 is 5.32 Å². The number of carbonyl (C=O) groups is 1. The van der Waals surface area contributed by atoms with Gasteiger partial charge >= 0.3 is 5.97 Å². The molecule has 0 saturated carbocycles. The van der Waals surface area contributed by atoms with Crippen molar-refractivity contribution in [1.29, 1.82) is 0 Å². The van der Waals surface area contributed by atoms with E-state index in [4.69, 9.17) is 9.84 Å². The fourth-order valence-corrected chi connectivity index (χ4v) is 2.83. The zero-order valence-corrected chi connectivity index (χ0v) is 9.16. The highest BCUT2D eigenvalue weighted by Crippen LogP contribution is 2.36. The number of carboxylic acid groups (broad SMARTS) is 1. The molecule has 2 aliphatic heterocycles. The smallest absolute Gasteiger partial charge is 0.307 e. The molecule has 2 atom stereocenters. The molecule has 0 bridgehead atoms. The van der Waals surface area contributed by atoms with Crippen LogP contribution in [-0.4, -0.2) is 36.4 Å². The monoisotopic (exact) mass is 213 g/mol. The van der Waals surface area contributed by atoms with Crippen molar-refractivity contribution >= 4 is 5.97 Å². The van der Waals surface area contributed by atoms with Crippen molar-refractivity contribution in [3.05, 3.63) is 0 Å². The minimum atomic E-state index is -0.668. The first kappa shape index (κ1) is 10.9. The third-order valence-corrected chi connectivity index (χ3v) is 3.89. The Kier molecular flexibility index (Phi) is 2.98. The van der Waals surface area contributed by atoms with Gasteiger partial charge < -0.3 is 15.2 Å². The number of carboxylic acids is 1. The van der Waals surface area contributed by atoms with Gasteiger partial charge in [-0.05, 0) is 32.1 Å². The lowest BCUT2D eigenvalue weighted by Gasteiger charge is -2.37. The lowest BCUT2D eigenvalue weighted by atomic mass is 9.78. The van der Waals surface area contributed by atoms with E-state index in [1.807, 2.05) is 0 Å². The second-order valence-corrected chi connectivity index (χ2v) is 4.92. The maximum atomic E-state index is 10.9. The minimum absolute atomic E-state index is 0.00678. The summed E-state index contributed by atoms with van der Waals surface area (Å²) in [5, 5.41) is 12.4. The van der Waals surface area contributed by atoms with Gasteiger partial charge in [-0.1, -0.05) is 0 Å². The minimum Gasteiger partial charge on any atom is -0.481 e. The number of rotatable bonds is 2. The highest BCUT2D eigenvalue weighted by Gasteiger charge is 2.43. The van der Waals surface area contributed by atoms with Crippen molar-refractivity contribution in [2.75, 3.05) is 19.8 Å². The van der Waals surface area contributed by atoms with Crippen LogP contribution in [0.15, 0.2) is 0 Å². The van der Waals surface area contributed by atoms with Crippen LogP contribution in [0.1, 0.15) is 26.2 Å². The molecule has 0 radical (unpaired) electrons. The summed E-state index contributed by atoms with van der Waals surface area (Å²) in [5.74, 6) is -0.313. The molecule has 2 aliphatic rings. The number of hydrogen-bond donors (Lipinski definition) is 2. The van der Waals surface area contributed by atoms with Crippen molar-refractivity contribution in [2.45, 2.75) is 31.7 Å². The van der Waals surface area contributed by atoms with E-state index in [2.05, 4.69) is 12.2 Å². The van der Waals surface area contributed by atoms with Gasteiger partial charge in [0, 0.05) is 25.3 Å². The van der Waals surface area contributed by atoms with Crippen molar-refractivity contribution in [2.24, 2.45) is 11.8 Å². The molecule has 2 heterocycles. The van der Waals surface area contributed by atoms with E-state index < -0.39 is 5.97 Å². The molecule has 0 amide bonds. The standard InChI is InChI=1S/C11H19NO3/c1-11(9-2-4-15-5-3-9)6-8(7-12-11)10(13)14/h8-9,12H,2-7H2,1H3,(H,13,14). The first-order chi connectivity index (χ1) is 7.12. The third-order valence-electron chi connectivity index (χ3n) is 3.89. The summed E-state index contributed by atoms with van der Waals surface area (Å²) in [6, 6.07) is 0. The van der Waals surface area contributed by atoms with E-state index in [0.717, 1.165) is 32.5 Å². The van der Waals surface area contributed by atoms with E-state index in [-0.39, 0.29) is 11.5 Å². The number of hydrogen-bond acceptors (Lipinski definition) is 3. The molecule has 0 aliphatic carbocycles. The Balaban J connectivity index is 1.98. The summed E-state index contributed by atoms with van der Waals surface area (Å²) in [6.45, 7) is 4.41. The number of ether oxygens (including phenoxy) is 1. The number of nitrogens with one attached hydrogen (secondary N) is 1. The molecule has 4 nitrogen and oxygen atoms in total. The first-order valence-electron chi connectivity index (χ1n) is 5.67. The average Bonchev–Trinajstić information content (AvgIpc) is 2.64. The highest BCUT2D eigenvalue weighted by atomic mass is 16.5. The van der Waals surface area contributed by atoms with Crippen LogP contribution in [0.25, 0.3) is 0 Å². The van der Waals surface area contributed by atoms with Gasteiger partial charge in [0.1, 0.15) is 0 Å². The second-order valence-electron chi connectivity index (χ2n) is 4.92. The SMILES string of the molecule is CC1(C2CCOCC2)CC(C(=O)O)CN1. The predicted molar refractivity (Wildman–Crippen MR) is 55.7 cm³/mol. The Labute approximate surface area is 90.0 Å². The average molecular weight is 213 g/mol. The molecule has 4 heteroatoms. The van der Waals surface area contributed by atoms with Gasteiger partial charge in [0.2, 0.25) is 0 Å². The van der Waals surface area contributed by atoms with E-state index in [9.17, 15) is 4.79 Å². The molecule has 2 fully saturated rings. The van der Waals surface area contributed by atoms with Gasteiger partial charge in [0.15, 0.2) is 0 Å². The van der Waals surface area contributed by atoms with E-state index in [0.29, 0.717) is 12.5 Å². The van der Waals surface area contributed by atoms with Gasteiger partial charge in [-0.15, -0.1) is 0 Å². The van der Waals surface area contributed by atoms with Gasteiger partial charge in [-0.25, -0.2) is 0 Å². The Morgan fingerprint density at radius 2 is 2.13 bits per heavy atom. The lowest BCUT2D eigenvalue weighted by molar-refractivity contribution is -0.141. The number of aliphatic carboxylic acids is 1. The molecule has 2 N–H and O–H groups in total. The highest BCUT2D eigenvalue weighted by molar-refractivity contribution is 5.71. The molecule has 86 valence electrons. The van der Waals surface area contributed by atoms with Gasteiger partial charge in [-0.2, -0.15) is 0 Å². The molecule has 0 aromatic heterocycles. The molecule has 0 aromatic rings. The largest absolute Gasteiger partial charge is 0.481 e. The molecular weight excluding hydrogens is 194 g/mol.